The summed E-state index contributed by atoms with van der Waals surface area (Å²) in [6.07, 6.45) is 3.92. The predicted molar refractivity (Wildman–Crippen MR) is 106 cm³/mol. The summed E-state index contributed by atoms with van der Waals surface area (Å²) in [5.74, 6) is -0.615. The molecule has 0 unspecified atom stereocenters. The van der Waals surface area contributed by atoms with Crippen LogP contribution in [-0.4, -0.2) is 67.5 Å². The standard InChI is InChI=1S/C19H28BN3O6/c1-17(2)18(3,4)29-20(28-17)13-11-21-16(22-12-13)23-9-7-19(8-10-23,14(24)26-5)15(25)27-6/h11-12H,7-10H2,1-6H3. The molecule has 0 atom stereocenters. The average Bonchev–Trinajstić information content (AvgIpc) is 2.94. The summed E-state index contributed by atoms with van der Waals surface area (Å²) in [5.41, 5.74) is -1.41. The maximum Gasteiger partial charge on any atom is 0.498 e. The molecular weight excluding hydrogens is 377 g/mol. The monoisotopic (exact) mass is 405 g/mol. The van der Waals surface area contributed by atoms with E-state index in [1.807, 2.05) is 32.6 Å². The molecule has 0 radical (unpaired) electrons. The average molecular weight is 405 g/mol. The number of piperidine rings is 1. The molecule has 3 heterocycles. The van der Waals surface area contributed by atoms with Crippen molar-refractivity contribution in [3.05, 3.63) is 12.4 Å². The first-order valence-electron chi connectivity index (χ1n) is 9.66. The topological polar surface area (TPSA) is 100 Å². The van der Waals surface area contributed by atoms with Crippen LogP contribution in [0.3, 0.4) is 0 Å². The molecule has 1 aromatic rings. The summed E-state index contributed by atoms with van der Waals surface area (Å²) in [4.78, 5) is 35.3. The van der Waals surface area contributed by atoms with Gasteiger partial charge < -0.3 is 23.7 Å². The van der Waals surface area contributed by atoms with E-state index in [1.54, 1.807) is 12.4 Å². The number of nitrogens with zero attached hydrogens (tertiary/aromatic N) is 3. The van der Waals surface area contributed by atoms with E-state index in [1.165, 1.54) is 14.2 Å². The molecule has 0 spiro atoms. The summed E-state index contributed by atoms with van der Waals surface area (Å²) in [6.45, 7) is 8.82. The fourth-order valence-corrected chi connectivity index (χ4v) is 3.57. The van der Waals surface area contributed by atoms with Crippen molar-refractivity contribution < 1.29 is 28.4 Å². The van der Waals surface area contributed by atoms with Gasteiger partial charge in [-0.2, -0.15) is 0 Å². The SMILES string of the molecule is COC(=O)C1(C(=O)OC)CCN(c2ncc(B3OC(C)(C)C(C)(C)O3)cn2)CC1. The molecular formula is C19H28BN3O6. The van der Waals surface area contributed by atoms with Gasteiger partial charge in [0, 0.05) is 30.9 Å². The first-order valence-corrected chi connectivity index (χ1v) is 9.66. The second-order valence-electron chi connectivity index (χ2n) is 8.46. The van der Waals surface area contributed by atoms with Gasteiger partial charge >= 0.3 is 19.1 Å². The third-order valence-corrected chi connectivity index (χ3v) is 6.24. The third kappa shape index (κ3) is 3.71. The van der Waals surface area contributed by atoms with E-state index in [-0.39, 0.29) is 12.8 Å². The van der Waals surface area contributed by atoms with E-state index in [2.05, 4.69) is 9.97 Å². The van der Waals surface area contributed by atoms with Crippen molar-refractivity contribution in [3.8, 4) is 0 Å². The lowest BCUT2D eigenvalue weighted by molar-refractivity contribution is -0.170. The Kier molecular flexibility index (Phi) is 5.61. The van der Waals surface area contributed by atoms with Crippen LogP contribution < -0.4 is 10.4 Å². The minimum atomic E-state index is -1.28. The number of aromatic nitrogens is 2. The first-order chi connectivity index (χ1) is 13.6. The Morgan fingerprint density at radius 2 is 1.41 bits per heavy atom. The van der Waals surface area contributed by atoms with Crippen LogP contribution in [0.4, 0.5) is 5.95 Å². The van der Waals surface area contributed by atoms with Gasteiger partial charge in [-0.3, -0.25) is 9.59 Å². The molecule has 0 bridgehead atoms. The van der Waals surface area contributed by atoms with Gasteiger partial charge in [-0.15, -0.1) is 0 Å². The van der Waals surface area contributed by atoms with E-state index in [0.29, 0.717) is 19.0 Å². The Morgan fingerprint density at radius 1 is 0.966 bits per heavy atom. The molecule has 2 aliphatic rings. The van der Waals surface area contributed by atoms with E-state index < -0.39 is 35.7 Å². The quantitative estimate of drug-likeness (QED) is 0.407. The van der Waals surface area contributed by atoms with Gasteiger partial charge in [-0.1, -0.05) is 0 Å². The number of ether oxygens (including phenoxy) is 2. The molecule has 158 valence electrons. The van der Waals surface area contributed by atoms with Gasteiger partial charge in [0.05, 0.1) is 25.4 Å². The van der Waals surface area contributed by atoms with Crippen molar-refractivity contribution in [2.45, 2.75) is 51.7 Å². The normalized spacial score (nSPS) is 22.3. The van der Waals surface area contributed by atoms with Crippen molar-refractivity contribution in [2.75, 3.05) is 32.2 Å². The number of hydrogen-bond acceptors (Lipinski definition) is 9. The lowest BCUT2D eigenvalue weighted by atomic mass is 9.78. The third-order valence-electron chi connectivity index (χ3n) is 6.24. The molecule has 0 N–H and O–H groups in total. The summed E-state index contributed by atoms with van der Waals surface area (Å²) in [6, 6.07) is 0. The highest BCUT2D eigenvalue weighted by atomic mass is 16.7. The van der Waals surface area contributed by atoms with Crippen molar-refractivity contribution in [2.24, 2.45) is 5.41 Å². The largest absolute Gasteiger partial charge is 0.498 e. The Hall–Kier alpha value is -2.20. The zero-order chi connectivity index (χ0) is 21.4. The van der Waals surface area contributed by atoms with Crippen LogP contribution in [0.15, 0.2) is 12.4 Å². The molecule has 0 aromatic carbocycles. The van der Waals surface area contributed by atoms with E-state index in [9.17, 15) is 9.59 Å². The number of rotatable bonds is 4. The maximum atomic E-state index is 12.2. The van der Waals surface area contributed by atoms with Gasteiger partial charge in [0.2, 0.25) is 5.95 Å². The molecule has 29 heavy (non-hydrogen) atoms. The molecule has 1 aromatic heterocycles. The molecule has 10 heteroatoms. The highest BCUT2D eigenvalue weighted by Gasteiger charge is 2.52. The van der Waals surface area contributed by atoms with Gasteiger partial charge in [0.1, 0.15) is 0 Å². The molecule has 3 rings (SSSR count). The number of carbonyl (C=O) groups is 2. The van der Waals surface area contributed by atoms with Crippen molar-refractivity contribution in [1.82, 2.24) is 9.97 Å². The maximum absolute atomic E-state index is 12.2. The van der Waals surface area contributed by atoms with Gasteiger partial charge in [-0.05, 0) is 40.5 Å². The lowest BCUT2D eigenvalue weighted by Crippen LogP contribution is -2.50. The Labute approximate surface area is 171 Å². The number of hydrogen-bond donors (Lipinski definition) is 0. The van der Waals surface area contributed by atoms with Crippen LogP contribution in [0.2, 0.25) is 0 Å². The fourth-order valence-electron chi connectivity index (χ4n) is 3.57. The highest BCUT2D eigenvalue weighted by molar-refractivity contribution is 6.61. The van der Waals surface area contributed by atoms with Crippen LogP contribution in [0.1, 0.15) is 40.5 Å². The van der Waals surface area contributed by atoms with Crippen LogP contribution >= 0.6 is 0 Å². The van der Waals surface area contributed by atoms with Crippen LogP contribution in [0.25, 0.3) is 0 Å². The van der Waals surface area contributed by atoms with Gasteiger partial charge in [-0.25, -0.2) is 9.97 Å². The summed E-state index contributed by atoms with van der Waals surface area (Å²) >= 11 is 0. The second kappa shape index (κ2) is 7.57. The van der Waals surface area contributed by atoms with Gasteiger partial charge in [0.25, 0.3) is 0 Å². The summed E-state index contributed by atoms with van der Waals surface area (Å²) in [5, 5.41) is 0. The van der Waals surface area contributed by atoms with E-state index in [0.717, 1.165) is 5.46 Å². The summed E-state index contributed by atoms with van der Waals surface area (Å²) in [7, 11) is 2.02. The van der Waals surface area contributed by atoms with Crippen molar-refractivity contribution in [3.63, 3.8) is 0 Å². The zero-order valence-electron chi connectivity index (χ0n) is 17.9. The van der Waals surface area contributed by atoms with Crippen LogP contribution in [0, 0.1) is 5.41 Å². The molecule has 0 saturated carbocycles. The van der Waals surface area contributed by atoms with Crippen molar-refractivity contribution in [1.29, 1.82) is 0 Å². The Morgan fingerprint density at radius 3 is 1.83 bits per heavy atom. The predicted octanol–water partition coefficient (Wildman–Crippen LogP) is 0.708. The minimum absolute atomic E-state index is 0.273. The summed E-state index contributed by atoms with van der Waals surface area (Å²) < 4.78 is 21.7. The molecule has 9 nitrogen and oxygen atoms in total. The Bertz CT molecular complexity index is 741. The first kappa shape index (κ1) is 21.5. The smallest absolute Gasteiger partial charge is 0.468 e. The lowest BCUT2D eigenvalue weighted by Gasteiger charge is -2.37. The highest BCUT2D eigenvalue weighted by Crippen LogP contribution is 2.37. The number of carbonyl (C=O) groups excluding carboxylic acids is 2. The number of esters is 2. The number of anilines is 1. The van der Waals surface area contributed by atoms with E-state index in [4.69, 9.17) is 18.8 Å². The fraction of sp³-hybridized carbons (Fsp3) is 0.684. The molecule has 2 aliphatic heterocycles. The molecule has 0 aliphatic carbocycles. The molecule has 2 saturated heterocycles. The van der Waals surface area contributed by atoms with Gasteiger partial charge in [0.15, 0.2) is 5.41 Å². The molecule has 2 fully saturated rings. The van der Waals surface area contributed by atoms with Crippen LogP contribution in [-0.2, 0) is 28.4 Å². The van der Waals surface area contributed by atoms with Crippen molar-refractivity contribution >= 4 is 30.5 Å². The van der Waals surface area contributed by atoms with Crippen LogP contribution in [0.5, 0.6) is 0 Å². The minimum Gasteiger partial charge on any atom is -0.468 e. The Balaban J connectivity index is 1.69. The number of methoxy groups -OCH3 is 2. The second-order valence-corrected chi connectivity index (χ2v) is 8.46. The molecule has 0 amide bonds. The zero-order valence-corrected chi connectivity index (χ0v) is 17.9. The van der Waals surface area contributed by atoms with E-state index >= 15 is 0 Å².